The van der Waals surface area contributed by atoms with Crippen molar-refractivity contribution in [3.8, 4) is 11.4 Å². The average molecular weight is 246 g/mol. The van der Waals surface area contributed by atoms with Crippen LogP contribution in [0.25, 0.3) is 11.4 Å². The van der Waals surface area contributed by atoms with Gasteiger partial charge in [-0.05, 0) is 12.6 Å². The van der Waals surface area contributed by atoms with Gasteiger partial charge in [-0.3, -0.25) is 4.68 Å². The second-order valence-corrected chi connectivity index (χ2v) is 3.98. The number of aromatic nitrogens is 5. The molecule has 6 nitrogen and oxygen atoms in total. The summed E-state index contributed by atoms with van der Waals surface area (Å²) in [5.41, 5.74) is 2.94. The zero-order valence-corrected chi connectivity index (χ0v) is 10.8. The van der Waals surface area contributed by atoms with Crippen LogP contribution >= 0.6 is 0 Å². The molecule has 0 aliphatic heterocycles. The quantitative estimate of drug-likeness (QED) is 0.772. The largest absolute Gasteiger partial charge is 0.311 e. The topological polar surface area (TPSA) is 60.6 Å². The summed E-state index contributed by atoms with van der Waals surface area (Å²) in [4.78, 5) is 0. The van der Waals surface area contributed by atoms with Crippen molar-refractivity contribution in [3.63, 3.8) is 0 Å². The molecular formula is C12H18N6. The third kappa shape index (κ3) is 2.33. The Morgan fingerprint density at radius 3 is 2.94 bits per heavy atom. The third-order valence-electron chi connectivity index (χ3n) is 2.71. The molecule has 0 atom stereocenters. The van der Waals surface area contributed by atoms with E-state index in [1.54, 1.807) is 6.20 Å². The Balaban J connectivity index is 2.43. The summed E-state index contributed by atoms with van der Waals surface area (Å²) in [5.74, 6) is 0. The summed E-state index contributed by atoms with van der Waals surface area (Å²) < 4.78 is 3.67. The fourth-order valence-electron chi connectivity index (χ4n) is 1.85. The fraction of sp³-hybridized carbons (Fsp3) is 0.417. The van der Waals surface area contributed by atoms with E-state index in [0.717, 1.165) is 23.6 Å². The second kappa shape index (κ2) is 5.59. The number of allylic oxidation sites excluding steroid dienone is 1. The van der Waals surface area contributed by atoms with Gasteiger partial charge in [-0.2, -0.15) is 5.10 Å². The van der Waals surface area contributed by atoms with Gasteiger partial charge < -0.3 is 5.32 Å². The van der Waals surface area contributed by atoms with Gasteiger partial charge in [0.1, 0.15) is 11.4 Å². The standard InChI is InChI=1S/C12H18N6/c1-4-8-18-12(11-6-7-14-17(11)3)10(15-16-18)9-13-5-2/h4,6-7,13H,1,5,8-9H2,2-3H3. The number of hydrogen-bond donors (Lipinski definition) is 1. The van der Waals surface area contributed by atoms with Crippen molar-refractivity contribution in [3.05, 3.63) is 30.6 Å². The van der Waals surface area contributed by atoms with Crippen LogP contribution in [0.15, 0.2) is 24.9 Å². The first kappa shape index (κ1) is 12.5. The van der Waals surface area contributed by atoms with E-state index in [2.05, 4.69) is 34.2 Å². The molecule has 0 amide bonds. The molecule has 0 spiro atoms. The van der Waals surface area contributed by atoms with Gasteiger partial charge in [0.2, 0.25) is 0 Å². The van der Waals surface area contributed by atoms with E-state index in [0.29, 0.717) is 13.1 Å². The highest BCUT2D eigenvalue weighted by Crippen LogP contribution is 2.21. The number of rotatable bonds is 6. The van der Waals surface area contributed by atoms with Crippen LogP contribution in [0.5, 0.6) is 0 Å². The maximum Gasteiger partial charge on any atom is 0.112 e. The van der Waals surface area contributed by atoms with E-state index in [4.69, 9.17) is 0 Å². The number of hydrogen-bond acceptors (Lipinski definition) is 4. The predicted molar refractivity (Wildman–Crippen MR) is 69.8 cm³/mol. The van der Waals surface area contributed by atoms with Gasteiger partial charge in [-0.15, -0.1) is 11.7 Å². The van der Waals surface area contributed by atoms with Crippen LogP contribution in [-0.4, -0.2) is 31.3 Å². The van der Waals surface area contributed by atoms with E-state index in [9.17, 15) is 0 Å². The first-order chi connectivity index (χ1) is 8.77. The number of nitrogens with one attached hydrogen (secondary N) is 1. The van der Waals surface area contributed by atoms with Crippen molar-refractivity contribution in [1.82, 2.24) is 30.1 Å². The zero-order valence-electron chi connectivity index (χ0n) is 10.8. The van der Waals surface area contributed by atoms with Crippen LogP contribution in [-0.2, 0) is 20.1 Å². The molecule has 0 bridgehead atoms. The Morgan fingerprint density at radius 1 is 1.50 bits per heavy atom. The average Bonchev–Trinajstić information content (AvgIpc) is 2.93. The van der Waals surface area contributed by atoms with E-state index in [-0.39, 0.29) is 0 Å². The predicted octanol–water partition coefficient (Wildman–Crippen LogP) is 0.974. The van der Waals surface area contributed by atoms with Gasteiger partial charge in [0.25, 0.3) is 0 Å². The molecule has 1 N–H and O–H groups in total. The Morgan fingerprint density at radius 2 is 2.33 bits per heavy atom. The minimum Gasteiger partial charge on any atom is -0.311 e. The highest BCUT2D eigenvalue weighted by Gasteiger charge is 2.16. The molecule has 0 fully saturated rings. The van der Waals surface area contributed by atoms with E-state index < -0.39 is 0 Å². The SMILES string of the molecule is C=CCn1nnc(CNCC)c1-c1ccnn1C. The Kier molecular flexibility index (Phi) is 3.88. The molecule has 0 aliphatic rings. The minimum absolute atomic E-state index is 0.639. The highest BCUT2D eigenvalue weighted by molar-refractivity contribution is 5.57. The summed E-state index contributed by atoms with van der Waals surface area (Å²) in [5, 5.41) is 15.9. The van der Waals surface area contributed by atoms with Gasteiger partial charge >= 0.3 is 0 Å². The first-order valence-electron chi connectivity index (χ1n) is 6.00. The Bertz CT molecular complexity index is 524. The van der Waals surface area contributed by atoms with Crippen LogP contribution in [0.4, 0.5) is 0 Å². The van der Waals surface area contributed by atoms with Crippen LogP contribution in [0, 0.1) is 0 Å². The minimum atomic E-state index is 0.639. The molecule has 96 valence electrons. The molecule has 6 heteroatoms. The summed E-state index contributed by atoms with van der Waals surface area (Å²) in [7, 11) is 1.91. The van der Waals surface area contributed by atoms with Crippen LogP contribution in [0.1, 0.15) is 12.6 Å². The lowest BCUT2D eigenvalue weighted by Crippen LogP contribution is -2.13. The van der Waals surface area contributed by atoms with Gasteiger partial charge in [0.05, 0.1) is 12.2 Å². The number of nitrogens with zero attached hydrogens (tertiary/aromatic N) is 5. The molecule has 0 saturated heterocycles. The molecule has 2 rings (SSSR count). The smallest absolute Gasteiger partial charge is 0.112 e. The lowest BCUT2D eigenvalue weighted by Gasteiger charge is -2.07. The maximum absolute atomic E-state index is 4.23. The fourth-order valence-corrected chi connectivity index (χ4v) is 1.85. The van der Waals surface area contributed by atoms with E-state index in [1.165, 1.54) is 0 Å². The summed E-state index contributed by atoms with van der Waals surface area (Å²) in [6.07, 6.45) is 3.59. The molecule has 2 aromatic rings. The first-order valence-corrected chi connectivity index (χ1v) is 6.00. The van der Waals surface area contributed by atoms with Crippen molar-refractivity contribution in [1.29, 1.82) is 0 Å². The van der Waals surface area contributed by atoms with Gasteiger partial charge in [-0.25, -0.2) is 4.68 Å². The Labute approximate surface area is 106 Å². The molecule has 0 saturated carbocycles. The molecule has 18 heavy (non-hydrogen) atoms. The highest BCUT2D eigenvalue weighted by atomic mass is 15.4. The van der Waals surface area contributed by atoms with Gasteiger partial charge in [0, 0.05) is 19.8 Å². The molecular weight excluding hydrogens is 228 g/mol. The molecule has 2 aromatic heterocycles. The van der Waals surface area contributed by atoms with Crippen LogP contribution in [0.2, 0.25) is 0 Å². The summed E-state index contributed by atoms with van der Waals surface area (Å²) >= 11 is 0. The molecule has 0 unspecified atom stereocenters. The lowest BCUT2D eigenvalue weighted by molar-refractivity contribution is 0.658. The summed E-state index contributed by atoms with van der Waals surface area (Å²) in [6, 6.07) is 1.97. The molecule has 0 aromatic carbocycles. The molecule has 2 heterocycles. The normalized spacial score (nSPS) is 10.8. The molecule has 0 aliphatic carbocycles. The number of aryl methyl sites for hydroxylation is 1. The van der Waals surface area contributed by atoms with Gasteiger partial charge in [-0.1, -0.05) is 18.2 Å². The third-order valence-corrected chi connectivity index (χ3v) is 2.71. The van der Waals surface area contributed by atoms with Gasteiger partial charge in [0.15, 0.2) is 0 Å². The summed E-state index contributed by atoms with van der Waals surface area (Å²) in [6.45, 7) is 8.06. The lowest BCUT2D eigenvalue weighted by atomic mass is 10.2. The van der Waals surface area contributed by atoms with Crippen LogP contribution < -0.4 is 5.32 Å². The van der Waals surface area contributed by atoms with E-state index in [1.807, 2.05) is 28.6 Å². The molecule has 0 radical (unpaired) electrons. The van der Waals surface area contributed by atoms with Crippen molar-refractivity contribution < 1.29 is 0 Å². The van der Waals surface area contributed by atoms with Crippen molar-refractivity contribution in [2.75, 3.05) is 6.54 Å². The zero-order chi connectivity index (χ0) is 13.0. The van der Waals surface area contributed by atoms with Crippen LogP contribution in [0.3, 0.4) is 0 Å². The van der Waals surface area contributed by atoms with E-state index >= 15 is 0 Å². The van der Waals surface area contributed by atoms with Crippen molar-refractivity contribution in [2.45, 2.75) is 20.0 Å². The van der Waals surface area contributed by atoms with Crippen molar-refractivity contribution >= 4 is 0 Å². The monoisotopic (exact) mass is 246 g/mol. The maximum atomic E-state index is 4.23. The van der Waals surface area contributed by atoms with Crippen molar-refractivity contribution in [2.24, 2.45) is 7.05 Å². The Hall–Kier alpha value is -1.95. The second-order valence-electron chi connectivity index (χ2n) is 3.98.